The van der Waals surface area contributed by atoms with E-state index in [0.29, 0.717) is 12.0 Å². The van der Waals surface area contributed by atoms with Crippen LogP contribution in [0.2, 0.25) is 0 Å². The number of hydrogen-bond donors (Lipinski definition) is 1. The average Bonchev–Trinajstić information content (AvgIpc) is 2.45. The van der Waals surface area contributed by atoms with Gasteiger partial charge in [-0.25, -0.2) is 4.79 Å². The molecule has 2 rings (SSSR count). The van der Waals surface area contributed by atoms with Gasteiger partial charge in [0.05, 0.1) is 0 Å². The summed E-state index contributed by atoms with van der Waals surface area (Å²) in [4.78, 5) is 16.5. The Morgan fingerprint density at radius 2 is 1.71 bits per heavy atom. The first kappa shape index (κ1) is 15.8. The lowest BCUT2D eigenvalue weighted by Gasteiger charge is -2.37. The number of nitrogens with one attached hydrogen (secondary N) is 1. The van der Waals surface area contributed by atoms with Gasteiger partial charge in [-0.1, -0.05) is 51.1 Å². The van der Waals surface area contributed by atoms with Crippen molar-refractivity contribution in [3.63, 3.8) is 0 Å². The summed E-state index contributed by atoms with van der Waals surface area (Å²) >= 11 is 0. The van der Waals surface area contributed by atoms with E-state index in [1.165, 1.54) is 0 Å². The number of rotatable bonds is 3. The van der Waals surface area contributed by atoms with Gasteiger partial charge in [-0.05, 0) is 11.0 Å². The largest absolute Gasteiger partial charge is 0.334 e. The number of carbonyl (C=O) groups excluding carboxylic acids is 1. The molecule has 0 saturated carbocycles. The topological polar surface area (TPSA) is 35.6 Å². The molecule has 4 nitrogen and oxygen atoms in total. The van der Waals surface area contributed by atoms with Crippen LogP contribution in [0.1, 0.15) is 26.3 Å². The van der Waals surface area contributed by atoms with Gasteiger partial charge in [-0.3, -0.25) is 4.90 Å². The van der Waals surface area contributed by atoms with Crippen molar-refractivity contribution >= 4 is 6.03 Å². The molecular formula is C17H27N3O. The van der Waals surface area contributed by atoms with Gasteiger partial charge in [0.2, 0.25) is 0 Å². The highest BCUT2D eigenvalue weighted by atomic mass is 16.2. The quantitative estimate of drug-likeness (QED) is 0.928. The summed E-state index contributed by atoms with van der Waals surface area (Å²) in [5, 5.41) is 3.00. The lowest BCUT2D eigenvalue weighted by Crippen LogP contribution is -2.52. The van der Waals surface area contributed by atoms with E-state index in [1.807, 2.05) is 35.2 Å². The first-order valence-corrected chi connectivity index (χ1v) is 7.73. The van der Waals surface area contributed by atoms with E-state index in [0.717, 1.165) is 38.3 Å². The third-order valence-corrected chi connectivity index (χ3v) is 3.64. The molecule has 0 spiro atoms. The lowest BCUT2D eigenvalue weighted by atomic mass is 9.96. The normalized spacial score (nSPS) is 16.8. The minimum absolute atomic E-state index is 0.0502. The van der Waals surface area contributed by atoms with Crippen LogP contribution in [0.25, 0.3) is 0 Å². The van der Waals surface area contributed by atoms with Gasteiger partial charge in [0.15, 0.2) is 0 Å². The Morgan fingerprint density at radius 3 is 2.29 bits per heavy atom. The van der Waals surface area contributed by atoms with E-state index < -0.39 is 0 Å². The van der Waals surface area contributed by atoms with E-state index >= 15 is 0 Å². The molecule has 1 N–H and O–H groups in total. The predicted octanol–water partition coefficient (Wildman–Crippen LogP) is 2.56. The summed E-state index contributed by atoms with van der Waals surface area (Å²) in [5.41, 5.74) is 1.45. The molecule has 1 aliphatic heterocycles. The summed E-state index contributed by atoms with van der Waals surface area (Å²) < 4.78 is 0. The number of nitrogens with zero attached hydrogens (tertiary/aromatic N) is 2. The van der Waals surface area contributed by atoms with Gasteiger partial charge >= 0.3 is 6.03 Å². The molecule has 1 saturated heterocycles. The van der Waals surface area contributed by atoms with Crippen LogP contribution >= 0.6 is 0 Å². The van der Waals surface area contributed by atoms with E-state index in [-0.39, 0.29) is 6.03 Å². The summed E-state index contributed by atoms with van der Waals surface area (Å²) in [7, 11) is 0. The fraction of sp³-hybridized carbons (Fsp3) is 0.588. The zero-order valence-corrected chi connectivity index (χ0v) is 13.4. The SMILES string of the molecule is CC(C)(C)CN1CCN(C(=O)NCc2ccccc2)CC1. The second-order valence-corrected chi connectivity index (χ2v) is 6.97. The predicted molar refractivity (Wildman–Crippen MR) is 86.1 cm³/mol. The number of benzene rings is 1. The van der Waals surface area contributed by atoms with Gasteiger partial charge in [0, 0.05) is 39.3 Å². The molecule has 1 fully saturated rings. The van der Waals surface area contributed by atoms with Crippen LogP contribution in [0.15, 0.2) is 30.3 Å². The highest BCUT2D eigenvalue weighted by molar-refractivity contribution is 5.74. The van der Waals surface area contributed by atoms with Gasteiger partial charge in [0.25, 0.3) is 0 Å². The molecule has 1 aromatic carbocycles. The zero-order valence-electron chi connectivity index (χ0n) is 13.4. The molecule has 21 heavy (non-hydrogen) atoms. The van der Waals surface area contributed by atoms with Gasteiger partial charge in [-0.2, -0.15) is 0 Å². The maximum atomic E-state index is 12.2. The minimum atomic E-state index is 0.0502. The summed E-state index contributed by atoms with van der Waals surface area (Å²) in [6.45, 7) is 12.0. The molecule has 0 aliphatic carbocycles. The number of hydrogen-bond acceptors (Lipinski definition) is 2. The molecule has 0 unspecified atom stereocenters. The molecule has 4 heteroatoms. The van der Waals surface area contributed by atoms with Crippen molar-refractivity contribution in [2.75, 3.05) is 32.7 Å². The average molecular weight is 289 g/mol. The van der Waals surface area contributed by atoms with Gasteiger partial charge in [-0.15, -0.1) is 0 Å². The molecule has 116 valence electrons. The molecule has 0 bridgehead atoms. The van der Waals surface area contributed by atoms with Gasteiger partial charge < -0.3 is 10.2 Å². The highest BCUT2D eigenvalue weighted by Crippen LogP contribution is 2.16. The second kappa shape index (κ2) is 6.94. The molecule has 1 heterocycles. The summed E-state index contributed by atoms with van der Waals surface area (Å²) in [5.74, 6) is 0. The highest BCUT2D eigenvalue weighted by Gasteiger charge is 2.23. The van der Waals surface area contributed by atoms with Crippen LogP contribution < -0.4 is 5.32 Å². The Bertz CT molecular complexity index is 445. The van der Waals surface area contributed by atoms with E-state index in [4.69, 9.17) is 0 Å². The van der Waals surface area contributed by atoms with Crippen molar-refractivity contribution in [2.24, 2.45) is 5.41 Å². The van der Waals surface area contributed by atoms with Crippen molar-refractivity contribution in [3.05, 3.63) is 35.9 Å². The van der Waals surface area contributed by atoms with Gasteiger partial charge in [0.1, 0.15) is 0 Å². The van der Waals surface area contributed by atoms with Crippen molar-refractivity contribution in [3.8, 4) is 0 Å². The Balaban J connectivity index is 1.73. The Labute approximate surface area is 128 Å². The van der Waals surface area contributed by atoms with Crippen molar-refractivity contribution in [1.29, 1.82) is 0 Å². The molecular weight excluding hydrogens is 262 g/mol. The fourth-order valence-electron chi connectivity index (χ4n) is 2.67. The van der Waals surface area contributed by atoms with Crippen molar-refractivity contribution in [2.45, 2.75) is 27.3 Å². The maximum absolute atomic E-state index is 12.2. The minimum Gasteiger partial charge on any atom is -0.334 e. The van der Waals surface area contributed by atoms with Crippen molar-refractivity contribution in [1.82, 2.24) is 15.1 Å². The summed E-state index contributed by atoms with van der Waals surface area (Å²) in [6.07, 6.45) is 0. The monoisotopic (exact) mass is 289 g/mol. The smallest absolute Gasteiger partial charge is 0.317 e. The van der Waals surface area contributed by atoms with Crippen LogP contribution in [0, 0.1) is 5.41 Å². The molecule has 0 atom stereocenters. The fourth-order valence-corrected chi connectivity index (χ4v) is 2.67. The van der Waals surface area contributed by atoms with Crippen LogP contribution in [0.5, 0.6) is 0 Å². The van der Waals surface area contributed by atoms with Crippen LogP contribution in [0.3, 0.4) is 0 Å². The third-order valence-electron chi connectivity index (χ3n) is 3.64. The van der Waals surface area contributed by atoms with E-state index in [9.17, 15) is 4.79 Å². The maximum Gasteiger partial charge on any atom is 0.317 e. The number of amides is 2. The molecule has 1 aromatic rings. The van der Waals surface area contributed by atoms with E-state index in [1.54, 1.807) is 0 Å². The summed E-state index contributed by atoms with van der Waals surface area (Å²) in [6, 6.07) is 10.1. The first-order chi connectivity index (χ1) is 9.94. The van der Waals surface area contributed by atoms with Crippen LogP contribution in [0.4, 0.5) is 4.79 Å². The van der Waals surface area contributed by atoms with Crippen molar-refractivity contribution < 1.29 is 4.79 Å². The zero-order chi connectivity index (χ0) is 15.3. The second-order valence-electron chi connectivity index (χ2n) is 6.97. The number of carbonyl (C=O) groups is 1. The third kappa shape index (κ3) is 5.38. The lowest BCUT2D eigenvalue weighted by molar-refractivity contribution is 0.113. The number of urea groups is 1. The van der Waals surface area contributed by atoms with E-state index in [2.05, 4.69) is 31.0 Å². The molecule has 2 amide bonds. The van der Waals surface area contributed by atoms with Crippen LogP contribution in [-0.4, -0.2) is 48.6 Å². The Hall–Kier alpha value is -1.55. The molecule has 1 aliphatic rings. The number of piperazine rings is 1. The Kier molecular flexibility index (Phi) is 5.23. The first-order valence-electron chi connectivity index (χ1n) is 7.73. The Morgan fingerprint density at radius 1 is 1.10 bits per heavy atom. The van der Waals surface area contributed by atoms with Crippen LogP contribution in [-0.2, 0) is 6.54 Å². The molecule has 0 aromatic heterocycles. The molecule has 0 radical (unpaired) electrons. The standard InChI is InChI=1S/C17H27N3O/c1-17(2,3)14-19-9-11-20(12-10-19)16(21)18-13-15-7-5-4-6-8-15/h4-8H,9-14H2,1-3H3,(H,18,21).